The minimum absolute atomic E-state index is 0.0748. The van der Waals surface area contributed by atoms with Crippen LogP contribution in [0.1, 0.15) is 38.3 Å². The molecule has 3 aromatic carbocycles. The number of fused-ring (bicyclic) bond motifs is 1. The highest BCUT2D eigenvalue weighted by Crippen LogP contribution is 2.48. The van der Waals surface area contributed by atoms with Crippen molar-refractivity contribution in [2.75, 3.05) is 47.8 Å². The molecule has 0 spiro atoms. The summed E-state index contributed by atoms with van der Waals surface area (Å²) in [4.78, 5) is 33.5. The van der Waals surface area contributed by atoms with Gasteiger partial charge in [-0.25, -0.2) is 8.78 Å². The van der Waals surface area contributed by atoms with Crippen LogP contribution in [-0.4, -0.2) is 49.3 Å². The number of allylic oxidation sites excluding steroid dienone is 1. The third kappa shape index (κ3) is 5.48. The van der Waals surface area contributed by atoms with Crippen molar-refractivity contribution in [3.05, 3.63) is 100 Å². The smallest absolute Gasteiger partial charge is 0.242 e. The maximum absolute atomic E-state index is 15.5. The van der Waals surface area contributed by atoms with E-state index in [1.54, 1.807) is 0 Å². The van der Waals surface area contributed by atoms with Crippen LogP contribution >= 0.6 is 11.6 Å². The van der Waals surface area contributed by atoms with Gasteiger partial charge in [0.2, 0.25) is 5.91 Å². The Morgan fingerprint density at radius 3 is 2.40 bits per heavy atom. The van der Waals surface area contributed by atoms with E-state index in [4.69, 9.17) is 11.6 Å². The molecule has 1 atom stereocenters. The molecule has 6 rings (SSSR count). The summed E-state index contributed by atoms with van der Waals surface area (Å²) in [6, 6.07) is 17.7. The molecule has 9 heteroatoms. The van der Waals surface area contributed by atoms with Crippen LogP contribution in [0.3, 0.4) is 0 Å². The lowest BCUT2D eigenvalue weighted by molar-refractivity contribution is -0.130. The van der Waals surface area contributed by atoms with Crippen LogP contribution in [0.5, 0.6) is 0 Å². The lowest BCUT2D eigenvalue weighted by atomic mass is 9.73. The van der Waals surface area contributed by atoms with Gasteiger partial charge in [0.25, 0.3) is 0 Å². The van der Waals surface area contributed by atoms with Crippen molar-refractivity contribution in [2.45, 2.75) is 32.7 Å². The number of piperazine rings is 1. The van der Waals surface area contributed by atoms with Crippen molar-refractivity contribution in [3.63, 3.8) is 0 Å². The number of nitrogens with zero attached hydrogens (tertiary/aromatic N) is 3. The van der Waals surface area contributed by atoms with Gasteiger partial charge in [-0.1, -0.05) is 43.6 Å². The number of para-hydroxylation sites is 2. The van der Waals surface area contributed by atoms with Crippen LogP contribution in [0.15, 0.2) is 78.0 Å². The fraction of sp³-hybridized carbons (Fsp3) is 0.333. The number of amides is 1. The third-order valence-corrected chi connectivity index (χ3v) is 8.64. The quantitative estimate of drug-likeness (QED) is 0.372. The zero-order valence-electron chi connectivity index (χ0n) is 23.7. The van der Waals surface area contributed by atoms with E-state index in [1.165, 1.54) is 12.1 Å². The van der Waals surface area contributed by atoms with Crippen molar-refractivity contribution < 1.29 is 18.4 Å². The number of Topliss-reactive ketones (excluding diaryl/α,β-unsaturated/α-hetero) is 1. The third-order valence-electron chi connectivity index (χ3n) is 8.39. The summed E-state index contributed by atoms with van der Waals surface area (Å²) in [6.07, 6.45) is 0.869. The zero-order valence-corrected chi connectivity index (χ0v) is 24.4. The highest BCUT2D eigenvalue weighted by Gasteiger charge is 2.43. The van der Waals surface area contributed by atoms with Crippen molar-refractivity contribution in [3.8, 4) is 0 Å². The Morgan fingerprint density at radius 1 is 0.976 bits per heavy atom. The average molecular weight is 591 g/mol. The molecular formula is C33H33ClF2N4O2. The molecule has 1 amide bonds. The first-order chi connectivity index (χ1) is 20.1. The topological polar surface area (TPSA) is 55.9 Å². The second kappa shape index (κ2) is 11.1. The summed E-state index contributed by atoms with van der Waals surface area (Å²) in [5.74, 6) is -1.68. The summed E-state index contributed by atoms with van der Waals surface area (Å²) >= 11 is 6.05. The van der Waals surface area contributed by atoms with E-state index in [1.807, 2.05) is 72.2 Å². The van der Waals surface area contributed by atoms with Gasteiger partial charge in [-0.05, 0) is 54.3 Å². The molecule has 218 valence electrons. The highest BCUT2D eigenvalue weighted by molar-refractivity contribution is 6.30. The van der Waals surface area contributed by atoms with Gasteiger partial charge in [0, 0.05) is 66.2 Å². The van der Waals surface area contributed by atoms with Gasteiger partial charge in [-0.15, -0.1) is 0 Å². The number of carbonyl (C=O) groups excluding carboxylic acids is 2. The molecule has 0 saturated carbocycles. The Hall–Kier alpha value is -3.91. The minimum Gasteiger partial charge on any atom is -0.368 e. The number of hydrogen-bond acceptors (Lipinski definition) is 5. The van der Waals surface area contributed by atoms with Gasteiger partial charge in [-0.3, -0.25) is 9.59 Å². The molecule has 1 unspecified atom stereocenters. The zero-order chi connectivity index (χ0) is 29.6. The van der Waals surface area contributed by atoms with E-state index in [-0.39, 0.29) is 35.6 Å². The van der Waals surface area contributed by atoms with E-state index < -0.39 is 17.7 Å². The number of ketones is 1. The van der Waals surface area contributed by atoms with Gasteiger partial charge in [0.05, 0.1) is 24.0 Å². The fourth-order valence-electron chi connectivity index (χ4n) is 6.39. The Kier molecular flexibility index (Phi) is 7.43. The van der Waals surface area contributed by atoms with E-state index in [2.05, 4.69) is 10.2 Å². The maximum atomic E-state index is 15.5. The number of benzene rings is 3. The SMILES string of the molecule is CC1(C)CC(=O)C2=C(C1)Nc1ccccc1N(CC(=O)N1CCN(c3ccc(Cl)cc3)CC1)C2c1ccc(F)cc1F. The first kappa shape index (κ1) is 28.2. The molecule has 3 aromatic rings. The normalized spacial score (nSPS) is 20.1. The predicted molar refractivity (Wildman–Crippen MR) is 162 cm³/mol. The van der Waals surface area contributed by atoms with E-state index in [9.17, 15) is 14.0 Å². The molecule has 2 aliphatic heterocycles. The van der Waals surface area contributed by atoms with Crippen LogP contribution in [-0.2, 0) is 9.59 Å². The van der Waals surface area contributed by atoms with Crippen LogP contribution in [0, 0.1) is 17.0 Å². The number of halogens is 3. The molecule has 1 fully saturated rings. The predicted octanol–water partition coefficient (Wildman–Crippen LogP) is 6.58. The highest BCUT2D eigenvalue weighted by atomic mass is 35.5. The van der Waals surface area contributed by atoms with Gasteiger partial charge >= 0.3 is 0 Å². The Morgan fingerprint density at radius 2 is 1.69 bits per heavy atom. The van der Waals surface area contributed by atoms with E-state index in [0.29, 0.717) is 54.6 Å². The molecule has 1 saturated heterocycles. The van der Waals surface area contributed by atoms with Gasteiger partial charge < -0.3 is 20.0 Å². The van der Waals surface area contributed by atoms with Crippen LogP contribution in [0.2, 0.25) is 5.02 Å². The van der Waals surface area contributed by atoms with Crippen molar-refractivity contribution in [1.29, 1.82) is 0 Å². The Bertz CT molecular complexity index is 1560. The van der Waals surface area contributed by atoms with Crippen molar-refractivity contribution in [1.82, 2.24) is 4.90 Å². The molecule has 3 aliphatic rings. The summed E-state index contributed by atoms with van der Waals surface area (Å²) in [7, 11) is 0. The monoisotopic (exact) mass is 590 g/mol. The van der Waals surface area contributed by atoms with E-state index >= 15 is 4.39 Å². The molecule has 1 N–H and O–H groups in total. The molecule has 0 radical (unpaired) electrons. The molecule has 1 aliphatic carbocycles. The van der Waals surface area contributed by atoms with Crippen LogP contribution < -0.4 is 15.1 Å². The largest absolute Gasteiger partial charge is 0.368 e. The summed E-state index contributed by atoms with van der Waals surface area (Å²) in [5, 5.41) is 4.14. The van der Waals surface area contributed by atoms with E-state index in [0.717, 1.165) is 17.4 Å². The Balaban J connectivity index is 1.36. The second-order valence-electron chi connectivity index (χ2n) is 12.0. The lowest BCUT2D eigenvalue weighted by Gasteiger charge is -2.40. The van der Waals surface area contributed by atoms with Crippen molar-refractivity contribution >= 4 is 40.4 Å². The lowest BCUT2D eigenvalue weighted by Crippen LogP contribution is -2.52. The van der Waals surface area contributed by atoms with Crippen LogP contribution in [0.4, 0.5) is 25.8 Å². The summed E-state index contributed by atoms with van der Waals surface area (Å²) in [5.41, 5.74) is 3.47. The number of rotatable bonds is 4. The summed E-state index contributed by atoms with van der Waals surface area (Å²) < 4.78 is 29.6. The standard InChI is InChI=1S/C33H33ClF2N4O2/c1-33(2)18-27-31(29(41)19-33)32(24-12-9-22(35)17-25(24)36)40(28-6-4-3-5-26(28)37-27)20-30(42)39-15-13-38(14-16-39)23-10-7-21(34)8-11-23/h3-12,17,32,37H,13-16,18-20H2,1-2H3. The molecule has 42 heavy (non-hydrogen) atoms. The fourth-order valence-corrected chi connectivity index (χ4v) is 6.51. The first-order valence-electron chi connectivity index (χ1n) is 14.2. The number of nitrogens with one attached hydrogen (secondary N) is 1. The summed E-state index contributed by atoms with van der Waals surface area (Å²) in [6.45, 7) is 6.35. The van der Waals surface area contributed by atoms with Gasteiger partial charge in [-0.2, -0.15) is 0 Å². The molecule has 0 bridgehead atoms. The number of hydrogen-bond donors (Lipinski definition) is 1. The second-order valence-corrected chi connectivity index (χ2v) is 12.5. The first-order valence-corrected chi connectivity index (χ1v) is 14.6. The number of carbonyl (C=O) groups is 2. The molecule has 0 aromatic heterocycles. The van der Waals surface area contributed by atoms with Gasteiger partial charge in [0.1, 0.15) is 11.6 Å². The van der Waals surface area contributed by atoms with Gasteiger partial charge in [0.15, 0.2) is 5.78 Å². The average Bonchev–Trinajstić information content (AvgIpc) is 3.07. The minimum atomic E-state index is -0.903. The maximum Gasteiger partial charge on any atom is 0.242 e. The number of anilines is 3. The molecule has 2 heterocycles. The van der Waals surface area contributed by atoms with Crippen LogP contribution in [0.25, 0.3) is 0 Å². The molecule has 6 nitrogen and oxygen atoms in total. The van der Waals surface area contributed by atoms with Crippen molar-refractivity contribution in [2.24, 2.45) is 5.41 Å². The molecular weight excluding hydrogens is 558 g/mol. The Labute approximate surface area is 249 Å².